The van der Waals surface area contributed by atoms with E-state index in [4.69, 9.17) is 16.3 Å². The molecule has 0 radical (unpaired) electrons. The Morgan fingerprint density at radius 2 is 1.68 bits per heavy atom. The first-order chi connectivity index (χ1) is 10.5. The van der Waals surface area contributed by atoms with Crippen molar-refractivity contribution in [3.8, 4) is 0 Å². The highest BCUT2D eigenvalue weighted by molar-refractivity contribution is 9.10. The minimum atomic E-state index is -0.910. The average Bonchev–Trinajstić information content (AvgIpc) is 2.50. The molecule has 4 nitrogen and oxygen atoms in total. The van der Waals surface area contributed by atoms with Gasteiger partial charge < -0.3 is 10.1 Å². The lowest BCUT2D eigenvalue weighted by atomic mass is 10.2. The topological polar surface area (TPSA) is 55.4 Å². The molecule has 1 N–H and O–H groups in total. The summed E-state index contributed by atoms with van der Waals surface area (Å²) in [5, 5.41) is 3.23. The molecule has 0 heterocycles. The lowest BCUT2D eigenvalue weighted by Gasteiger charge is -2.13. The van der Waals surface area contributed by atoms with Crippen LogP contribution in [-0.4, -0.2) is 18.0 Å². The van der Waals surface area contributed by atoms with Gasteiger partial charge in [-0.2, -0.15) is 0 Å². The molecule has 114 valence electrons. The molecule has 0 aliphatic carbocycles. The molecule has 0 saturated heterocycles. The molecule has 0 aliphatic rings. The van der Waals surface area contributed by atoms with Crippen LogP contribution in [0.2, 0.25) is 5.02 Å². The van der Waals surface area contributed by atoms with E-state index in [-0.39, 0.29) is 0 Å². The molecule has 0 aliphatic heterocycles. The molecule has 0 unspecified atom stereocenters. The highest BCUT2D eigenvalue weighted by atomic mass is 79.9. The zero-order chi connectivity index (χ0) is 16.1. The first kappa shape index (κ1) is 16.5. The van der Waals surface area contributed by atoms with Crippen molar-refractivity contribution in [2.45, 2.75) is 13.0 Å². The monoisotopic (exact) mass is 381 g/mol. The van der Waals surface area contributed by atoms with Gasteiger partial charge in [0.05, 0.1) is 5.56 Å². The van der Waals surface area contributed by atoms with Crippen LogP contribution in [0, 0.1) is 0 Å². The van der Waals surface area contributed by atoms with E-state index in [1.165, 1.54) is 6.92 Å². The van der Waals surface area contributed by atoms with Gasteiger partial charge in [0.2, 0.25) is 0 Å². The van der Waals surface area contributed by atoms with Crippen molar-refractivity contribution in [3.63, 3.8) is 0 Å². The first-order valence-corrected chi connectivity index (χ1v) is 7.66. The highest BCUT2D eigenvalue weighted by Gasteiger charge is 2.19. The number of rotatable bonds is 4. The van der Waals surface area contributed by atoms with Gasteiger partial charge in [-0.1, -0.05) is 27.5 Å². The number of hydrogen-bond acceptors (Lipinski definition) is 3. The van der Waals surface area contributed by atoms with Gasteiger partial charge in [-0.15, -0.1) is 0 Å². The van der Waals surface area contributed by atoms with Gasteiger partial charge in [-0.05, 0) is 55.5 Å². The number of carbonyl (C=O) groups is 2. The van der Waals surface area contributed by atoms with Crippen molar-refractivity contribution in [1.29, 1.82) is 0 Å². The van der Waals surface area contributed by atoms with E-state index in [0.29, 0.717) is 16.3 Å². The number of carbonyl (C=O) groups excluding carboxylic acids is 2. The van der Waals surface area contributed by atoms with Crippen LogP contribution < -0.4 is 5.32 Å². The van der Waals surface area contributed by atoms with Crippen molar-refractivity contribution in [2.75, 3.05) is 5.32 Å². The lowest BCUT2D eigenvalue weighted by molar-refractivity contribution is -0.123. The minimum absolute atomic E-state index is 0.384. The van der Waals surface area contributed by atoms with Gasteiger partial charge >= 0.3 is 5.97 Å². The van der Waals surface area contributed by atoms with E-state index in [0.717, 1.165) is 4.47 Å². The lowest BCUT2D eigenvalue weighted by Crippen LogP contribution is -2.29. The molecular weight excluding hydrogens is 370 g/mol. The van der Waals surface area contributed by atoms with E-state index >= 15 is 0 Å². The van der Waals surface area contributed by atoms with Crippen LogP contribution in [0.4, 0.5) is 5.69 Å². The third kappa shape index (κ3) is 4.58. The fourth-order valence-corrected chi connectivity index (χ4v) is 2.04. The van der Waals surface area contributed by atoms with E-state index in [2.05, 4.69) is 21.2 Å². The number of benzene rings is 2. The van der Waals surface area contributed by atoms with Crippen molar-refractivity contribution in [1.82, 2.24) is 0 Å². The second-order valence-electron chi connectivity index (χ2n) is 4.55. The van der Waals surface area contributed by atoms with Crippen LogP contribution >= 0.6 is 27.5 Å². The number of esters is 1. The average molecular weight is 383 g/mol. The van der Waals surface area contributed by atoms with Gasteiger partial charge in [-0.25, -0.2) is 4.79 Å². The summed E-state index contributed by atoms with van der Waals surface area (Å²) in [7, 11) is 0. The van der Waals surface area contributed by atoms with E-state index in [1.807, 2.05) is 0 Å². The molecule has 1 amide bonds. The molecule has 22 heavy (non-hydrogen) atoms. The Morgan fingerprint density at radius 1 is 1.09 bits per heavy atom. The summed E-state index contributed by atoms with van der Waals surface area (Å²) in [5.74, 6) is -0.959. The molecule has 2 rings (SSSR count). The predicted octanol–water partition coefficient (Wildman–Crippen LogP) is 4.29. The number of nitrogens with one attached hydrogen (secondary N) is 1. The Morgan fingerprint density at radius 3 is 2.27 bits per heavy atom. The van der Waals surface area contributed by atoms with Gasteiger partial charge in [0.15, 0.2) is 6.10 Å². The Hall–Kier alpha value is -1.85. The third-order valence-corrected chi connectivity index (χ3v) is 3.63. The Balaban J connectivity index is 1.94. The Bertz CT molecular complexity index is 671. The maximum Gasteiger partial charge on any atom is 0.338 e. The van der Waals surface area contributed by atoms with E-state index < -0.39 is 18.0 Å². The largest absolute Gasteiger partial charge is 0.449 e. The molecule has 2 aromatic carbocycles. The zero-order valence-electron chi connectivity index (χ0n) is 11.7. The zero-order valence-corrected chi connectivity index (χ0v) is 14.0. The summed E-state index contributed by atoms with van der Waals surface area (Å²) >= 11 is 9.06. The van der Waals surface area contributed by atoms with Gasteiger partial charge in [0.25, 0.3) is 5.91 Å². The summed E-state index contributed by atoms with van der Waals surface area (Å²) < 4.78 is 6.00. The molecule has 2 aromatic rings. The summed E-state index contributed by atoms with van der Waals surface area (Å²) in [6.07, 6.45) is -0.910. The molecule has 6 heteroatoms. The van der Waals surface area contributed by atoms with Crippen LogP contribution in [0.5, 0.6) is 0 Å². The summed E-state index contributed by atoms with van der Waals surface area (Å²) in [4.78, 5) is 23.9. The maximum absolute atomic E-state index is 12.0. The molecule has 1 atom stereocenters. The van der Waals surface area contributed by atoms with Crippen LogP contribution in [0.25, 0.3) is 0 Å². The molecule has 0 spiro atoms. The number of hydrogen-bond donors (Lipinski definition) is 1. The van der Waals surface area contributed by atoms with Crippen LogP contribution in [-0.2, 0) is 9.53 Å². The number of anilines is 1. The Labute approximate surface area is 141 Å². The second kappa shape index (κ2) is 7.42. The smallest absolute Gasteiger partial charge is 0.338 e. The van der Waals surface area contributed by atoms with Crippen molar-refractivity contribution < 1.29 is 14.3 Å². The summed E-state index contributed by atoms with van der Waals surface area (Å²) in [5.41, 5.74) is 0.968. The quantitative estimate of drug-likeness (QED) is 0.803. The second-order valence-corrected chi connectivity index (χ2v) is 5.90. The molecular formula is C16H13BrClNO3. The number of amides is 1. The maximum atomic E-state index is 12.0. The van der Waals surface area contributed by atoms with Crippen molar-refractivity contribution >= 4 is 45.1 Å². The van der Waals surface area contributed by atoms with Crippen LogP contribution in [0.3, 0.4) is 0 Å². The molecule has 0 fully saturated rings. The van der Waals surface area contributed by atoms with Gasteiger partial charge in [0, 0.05) is 15.2 Å². The van der Waals surface area contributed by atoms with Crippen LogP contribution in [0.1, 0.15) is 17.3 Å². The summed E-state index contributed by atoms with van der Waals surface area (Å²) in [6.45, 7) is 1.52. The van der Waals surface area contributed by atoms with Gasteiger partial charge in [0.1, 0.15) is 0 Å². The van der Waals surface area contributed by atoms with E-state index in [9.17, 15) is 9.59 Å². The number of ether oxygens (including phenoxy) is 1. The van der Waals surface area contributed by atoms with Crippen LogP contribution in [0.15, 0.2) is 53.0 Å². The molecule has 0 saturated carbocycles. The minimum Gasteiger partial charge on any atom is -0.449 e. The SMILES string of the molecule is C[C@@H](OC(=O)c1ccc(Br)cc1)C(=O)Nc1ccc(Cl)cc1. The number of halogens is 2. The fourth-order valence-electron chi connectivity index (χ4n) is 1.65. The van der Waals surface area contributed by atoms with Crippen molar-refractivity contribution in [3.05, 3.63) is 63.6 Å². The highest BCUT2D eigenvalue weighted by Crippen LogP contribution is 2.15. The molecule has 0 aromatic heterocycles. The predicted molar refractivity (Wildman–Crippen MR) is 89.1 cm³/mol. The summed E-state index contributed by atoms with van der Waals surface area (Å²) in [6, 6.07) is 13.4. The Kier molecular flexibility index (Phi) is 5.57. The standard InChI is InChI=1S/C16H13BrClNO3/c1-10(15(20)19-14-8-6-13(18)7-9-14)22-16(21)11-2-4-12(17)5-3-11/h2-10H,1H3,(H,19,20)/t10-/m1/s1. The first-order valence-electron chi connectivity index (χ1n) is 6.48. The van der Waals surface area contributed by atoms with Crippen molar-refractivity contribution in [2.24, 2.45) is 0 Å². The third-order valence-electron chi connectivity index (χ3n) is 2.84. The fraction of sp³-hybridized carbons (Fsp3) is 0.125. The van der Waals surface area contributed by atoms with E-state index in [1.54, 1.807) is 48.5 Å². The van der Waals surface area contributed by atoms with Gasteiger partial charge in [-0.3, -0.25) is 4.79 Å². The molecule has 0 bridgehead atoms. The normalized spacial score (nSPS) is 11.6.